The van der Waals surface area contributed by atoms with E-state index in [0.29, 0.717) is 0 Å². The number of carboxylic acid groups (broad SMARTS) is 2. The number of hydrogen-bond donors (Lipinski definition) is 2. The van der Waals surface area contributed by atoms with Gasteiger partial charge in [0.25, 0.3) is 0 Å². The molecule has 0 fully saturated rings. The Morgan fingerprint density at radius 2 is 1.63 bits per heavy atom. The number of hydrogen-bond acceptors (Lipinski definition) is 6. The summed E-state index contributed by atoms with van der Waals surface area (Å²) in [6.45, 7) is 4.84. The third-order valence-corrected chi connectivity index (χ3v) is 5.21. The highest BCUT2D eigenvalue weighted by molar-refractivity contribution is 7.09. The predicted molar refractivity (Wildman–Crippen MR) is 109 cm³/mol. The summed E-state index contributed by atoms with van der Waals surface area (Å²) in [5.74, 6) is -4.35. The van der Waals surface area contributed by atoms with Gasteiger partial charge in [-0.2, -0.15) is 31.4 Å². The van der Waals surface area contributed by atoms with Crippen molar-refractivity contribution >= 4 is 23.3 Å². The largest absolute Gasteiger partial charge is 0.490 e. The van der Waals surface area contributed by atoms with E-state index < -0.39 is 24.3 Å². The normalized spacial score (nSPS) is 13.7. The van der Waals surface area contributed by atoms with Crippen LogP contribution < -0.4 is 0 Å². The van der Waals surface area contributed by atoms with Crippen LogP contribution in [0.5, 0.6) is 0 Å². The van der Waals surface area contributed by atoms with Crippen molar-refractivity contribution in [2.75, 3.05) is 6.54 Å². The number of thiophene rings is 1. The van der Waals surface area contributed by atoms with Crippen LogP contribution >= 0.6 is 11.3 Å². The van der Waals surface area contributed by atoms with Gasteiger partial charge in [-0.3, -0.25) is 9.58 Å². The quantitative estimate of drug-likeness (QED) is 0.500. The van der Waals surface area contributed by atoms with E-state index in [1.54, 1.807) is 0 Å². The summed E-state index contributed by atoms with van der Waals surface area (Å²) < 4.78 is 67.8. The first kappa shape index (κ1) is 27.8. The number of aliphatic carboxylic acids is 2. The van der Waals surface area contributed by atoms with Gasteiger partial charge in [0.2, 0.25) is 0 Å². The number of halogens is 6. The molecule has 35 heavy (non-hydrogen) atoms. The second-order valence-corrected chi connectivity index (χ2v) is 7.95. The number of alkyl halides is 6. The van der Waals surface area contributed by atoms with Crippen LogP contribution in [0.1, 0.15) is 16.4 Å². The number of rotatable bonds is 4. The molecule has 3 aromatic rings. The Kier molecular flexibility index (Phi) is 9.41. The Bertz CT molecular complexity index is 1060. The van der Waals surface area contributed by atoms with Crippen molar-refractivity contribution in [3.8, 4) is 0 Å². The average Bonchev–Trinajstić information content (AvgIpc) is 3.51. The number of carboxylic acids is 2. The number of fused-ring (bicyclic) bond motifs is 1. The van der Waals surface area contributed by atoms with Gasteiger partial charge in [0, 0.05) is 36.9 Å². The zero-order valence-electron chi connectivity index (χ0n) is 17.7. The summed E-state index contributed by atoms with van der Waals surface area (Å²) in [4.78, 5) is 26.3. The molecule has 0 radical (unpaired) electrons. The maximum Gasteiger partial charge on any atom is 0.490 e. The molecule has 16 heteroatoms. The summed E-state index contributed by atoms with van der Waals surface area (Å²) in [6.07, 6.45) is -4.37. The Morgan fingerprint density at radius 1 is 1.00 bits per heavy atom. The smallest absolute Gasteiger partial charge is 0.475 e. The molecular formula is C19H19F6N5O4S. The fraction of sp³-hybridized carbons (Fsp3) is 0.368. The van der Waals surface area contributed by atoms with Gasteiger partial charge in [-0.05, 0) is 17.5 Å². The summed E-state index contributed by atoms with van der Waals surface area (Å²) in [7, 11) is 0. The Hall–Kier alpha value is -3.40. The van der Waals surface area contributed by atoms with Crippen molar-refractivity contribution in [2.45, 2.75) is 38.5 Å². The lowest BCUT2D eigenvalue weighted by Crippen LogP contribution is -2.34. The maximum atomic E-state index is 10.6. The highest BCUT2D eigenvalue weighted by atomic mass is 32.1. The van der Waals surface area contributed by atoms with Crippen LogP contribution in [-0.2, 0) is 35.8 Å². The minimum absolute atomic E-state index is 0.797. The van der Waals surface area contributed by atoms with Gasteiger partial charge in [-0.25, -0.2) is 14.6 Å². The lowest BCUT2D eigenvalue weighted by molar-refractivity contribution is -0.193. The van der Waals surface area contributed by atoms with E-state index in [0.717, 1.165) is 32.7 Å². The van der Waals surface area contributed by atoms with Crippen molar-refractivity contribution in [1.29, 1.82) is 0 Å². The Morgan fingerprint density at radius 3 is 2.11 bits per heavy atom. The molecule has 1 aliphatic heterocycles. The van der Waals surface area contributed by atoms with Crippen molar-refractivity contribution in [1.82, 2.24) is 24.2 Å². The molecule has 0 spiro atoms. The van der Waals surface area contributed by atoms with Gasteiger partial charge < -0.3 is 14.8 Å². The number of carbonyl (C=O) groups is 2. The van der Waals surface area contributed by atoms with E-state index in [-0.39, 0.29) is 0 Å². The molecule has 4 rings (SSSR count). The minimum Gasteiger partial charge on any atom is -0.475 e. The van der Waals surface area contributed by atoms with E-state index in [2.05, 4.69) is 37.1 Å². The molecule has 3 aromatic heterocycles. The third-order valence-electron chi connectivity index (χ3n) is 4.35. The lowest BCUT2D eigenvalue weighted by atomic mass is 10.3. The summed E-state index contributed by atoms with van der Waals surface area (Å²) in [5.41, 5.74) is 1.24. The molecule has 0 aromatic carbocycles. The van der Waals surface area contributed by atoms with Gasteiger partial charge in [-0.1, -0.05) is 6.07 Å². The van der Waals surface area contributed by atoms with Crippen molar-refractivity contribution in [3.63, 3.8) is 0 Å². The van der Waals surface area contributed by atoms with Gasteiger partial charge >= 0.3 is 24.3 Å². The second kappa shape index (κ2) is 11.8. The topological polar surface area (TPSA) is 113 Å². The third kappa shape index (κ3) is 9.05. The second-order valence-electron chi connectivity index (χ2n) is 6.92. The Balaban J connectivity index is 0.000000257. The number of aromatic nitrogens is 4. The summed E-state index contributed by atoms with van der Waals surface area (Å²) >= 11 is 1.83. The fourth-order valence-corrected chi connectivity index (χ4v) is 3.56. The molecule has 4 heterocycles. The average molecular weight is 527 g/mol. The van der Waals surface area contributed by atoms with Crippen LogP contribution in [0.2, 0.25) is 0 Å². The highest BCUT2D eigenvalue weighted by Crippen LogP contribution is 2.19. The van der Waals surface area contributed by atoms with Gasteiger partial charge in [0.1, 0.15) is 5.82 Å². The van der Waals surface area contributed by atoms with Gasteiger partial charge in [0.05, 0.1) is 25.0 Å². The van der Waals surface area contributed by atoms with E-state index in [9.17, 15) is 26.3 Å². The monoisotopic (exact) mass is 527 g/mol. The van der Waals surface area contributed by atoms with Crippen molar-refractivity contribution < 1.29 is 46.1 Å². The summed E-state index contributed by atoms with van der Waals surface area (Å²) in [6, 6.07) is 6.28. The zero-order valence-corrected chi connectivity index (χ0v) is 18.5. The highest BCUT2D eigenvalue weighted by Gasteiger charge is 2.38. The predicted octanol–water partition coefficient (Wildman–Crippen LogP) is 3.47. The van der Waals surface area contributed by atoms with E-state index in [1.807, 2.05) is 40.7 Å². The van der Waals surface area contributed by atoms with Crippen LogP contribution in [0, 0.1) is 0 Å². The van der Waals surface area contributed by atoms with Gasteiger partial charge in [0.15, 0.2) is 0 Å². The maximum absolute atomic E-state index is 10.6. The van der Waals surface area contributed by atoms with Crippen LogP contribution in [0.15, 0.2) is 42.2 Å². The first-order chi connectivity index (χ1) is 16.3. The van der Waals surface area contributed by atoms with Crippen LogP contribution in [0.3, 0.4) is 0 Å². The molecule has 2 N–H and O–H groups in total. The molecule has 9 nitrogen and oxygen atoms in total. The van der Waals surface area contributed by atoms with Crippen molar-refractivity contribution in [2.24, 2.45) is 0 Å². The minimum atomic E-state index is -5.08. The van der Waals surface area contributed by atoms with Crippen LogP contribution in [-0.4, -0.2) is 65.3 Å². The van der Waals surface area contributed by atoms with E-state index in [1.165, 1.54) is 16.4 Å². The molecule has 0 bridgehead atoms. The van der Waals surface area contributed by atoms with Crippen LogP contribution in [0.4, 0.5) is 26.3 Å². The first-order valence-electron chi connectivity index (χ1n) is 9.63. The van der Waals surface area contributed by atoms with Gasteiger partial charge in [-0.15, -0.1) is 11.3 Å². The molecule has 192 valence electrons. The standard InChI is InChI=1S/C15H17N5S.2C2HF3O2/c1-3-14(21-8-1)11-18-6-7-20-13(9-16-15(20)12-18)10-19-5-2-4-17-19;2*3-2(4,5)1(6)7/h1-5,8-9H,6-7,10-12H2;2*(H,6,7). The molecule has 0 amide bonds. The molecule has 0 atom stereocenters. The number of nitrogens with zero attached hydrogens (tertiary/aromatic N) is 5. The molecular weight excluding hydrogens is 508 g/mol. The summed E-state index contributed by atoms with van der Waals surface area (Å²) in [5, 5.41) is 20.7. The lowest BCUT2D eigenvalue weighted by Gasteiger charge is -2.28. The first-order valence-corrected chi connectivity index (χ1v) is 10.5. The number of imidazole rings is 1. The molecule has 0 unspecified atom stereocenters. The SMILES string of the molecule is O=C(O)C(F)(F)F.O=C(O)C(F)(F)F.c1csc(CN2CCn3c(Cn4cccn4)cnc3C2)c1. The molecule has 1 aliphatic rings. The van der Waals surface area contributed by atoms with Crippen molar-refractivity contribution in [3.05, 3.63) is 58.6 Å². The fourth-order valence-electron chi connectivity index (χ4n) is 2.82. The van der Waals surface area contributed by atoms with E-state index in [4.69, 9.17) is 19.8 Å². The molecule has 0 saturated carbocycles. The molecule has 0 saturated heterocycles. The van der Waals surface area contributed by atoms with E-state index >= 15 is 0 Å². The van der Waals surface area contributed by atoms with Crippen LogP contribution in [0.25, 0.3) is 0 Å². The zero-order chi connectivity index (χ0) is 26.2. The molecule has 0 aliphatic carbocycles. The Labute approximate surface area is 197 Å².